The highest BCUT2D eigenvalue weighted by Crippen LogP contribution is 2.54. The maximum Gasteiger partial charge on any atom is 0.308 e. The molecule has 4 heteroatoms. The Labute approximate surface area is 163 Å². The van der Waals surface area contributed by atoms with Crippen molar-refractivity contribution >= 4 is 5.97 Å². The van der Waals surface area contributed by atoms with Gasteiger partial charge in [0.25, 0.3) is 0 Å². The standard InChI is InChI=1S/C23H33NO3/c1-2-3-4-8-22(25)27-16-26-18-10-9-17-14-21-19-7-5-6-11-23(19,12-13-24-21)20(17)15-18/h9-10,15,19,21,24H,2-8,11-14,16H2,1H3/t19-,21-,23+/m1/s1. The van der Waals surface area contributed by atoms with E-state index in [0.717, 1.165) is 43.9 Å². The summed E-state index contributed by atoms with van der Waals surface area (Å²) in [6.45, 7) is 3.27. The van der Waals surface area contributed by atoms with E-state index in [1.807, 2.05) is 6.07 Å². The summed E-state index contributed by atoms with van der Waals surface area (Å²) in [5.41, 5.74) is 3.32. The summed E-state index contributed by atoms with van der Waals surface area (Å²) in [6, 6.07) is 7.17. The van der Waals surface area contributed by atoms with Gasteiger partial charge in [-0.15, -0.1) is 0 Å². The monoisotopic (exact) mass is 371 g/mol. The molecule has 1 aromatic rings. The van der Waals surface area contributed by atoms with Crippen molar-refractivity contribution in [2.45, 2.75) is 82.6 Å². The third kappa shape index (κ3) is 3.73. The zero-order chi connectivity index (χ0) is 18.7. The summed E-state index contributed by atoms with van der Waals surface area (Å²) in [7, 11) is 0. The summed E-state index contributed by atoms with van der Waals surface area (Å²) in [4.78, 5) is 11.8. The van der Waals surface area contributed by atoms with Crippen LogP contribution >= 0.6 is 0 Å². The average Bonchev–Trinajstić information content (AvgIpc) is 2.68. The van der Waals surface area contributed by atoms with E-state index < -0.39 is 0 Å². The number of nitrogens with one attached hydrogen (secondary N) is 1. The predicted molar refractivity (Wildman–Crippen MR) is 106 cm³/mol. The molecule has 1 aliphatic heterocycles. The number of ether oxygens (including phenoxy) is 2. The van der Waals surface area contributed by atoms with Gasteiger partial charge in [-0.25, -0.2) is 0 Å². The number of fused-ring (bicyclic) bond motifs is 1. The van der Waals surface area contributed by atoms with Crippen LogP contribution in [0.1, 0.15) is 75.8 Å². The fourth-order valence-corrected chi connectivity index (χ4v) is 5.75. The zero-order valence-electron chi connectivity index (χ0n) is 16.6. The molecule has 2 aliphatic carbocycles. The van der Waals surface area contributed by atoms with Gasteiger partial charge in [-0.2, -0.15) is 0 Å². The van der Waals surface area contributed by atoms with E-state index in [0.29, 0.717) is 17.9 Å². The van der Waals surface area contributed by atoms with Gasteiger partial charge in [-0.05, 0) is 67.8 Å². The van der Waals surface area contributed by atoms with Crippen molar-refractivity contribution in [3.8, 4) is 5.75 Å². The normalized spacial score (nSPS) is 28.8. The molecule has 1 heterocycles. The summed E-state index contributed by atoms with van der Waals surface area (Å²) in [5, 5.41) is 3.78. The second kappa shape index (κ2) is 8.22. The average molecular weight is 372 g/mol. The van der Waals surface area contributed by atoms with Crippen molar-refractivity contribution in [2.24, 2.45) is 5.92 Å². The minimum absolute atomic E-state index is 0.0182. The molecule has 0 radical (unpaired) electrons. The third-order valence-corrected chi connectivity index (χ3v) is 7.05. The number of hydrogen-bond acceptors (Lipinski definition) is 4. The Morgan fingerprint density at radius 1 is 1.26 bits per heavy atom. The fraction of sp³-hybridized carbons (Fsp3) is 0.696. The van der Waals surface area contributed by atoms with Gasteiger partial charge in [0.05, 0.1) is 0 Å². The van der Waals surface area contributed by atoms with Crippen molar-refractivity contribution in [3.63, 3.8) is 0 Å². The molecule has 0 unspecified atom stereocenters. The first kappa shape index (κ1) is 18.8. The van der Waals surface area contributed by atoms with Crippen LogP contribution in [0, 0.1) is 5.92 Å². The first-order chi connectivity index (χ1) is 13.2. The van der Waals surface area contributed by atoms with Gasteiger partial charge in [-0.3, -0.25) is 4.79 Å². The summed E-state index contributed by atoms with van der Waals surface area (Å²) in [6.07, 6.45) is 11.3. The van der Waals surface area contributed by atoms with Crippen LogP contribution in [0.15, 0.2) is 18.2 Å². The summed E-state index contributed by atoms with van der Waals surface area (Å²) >= 11 is 0. The highest BCUT2D eigenvalue weighted by Gasteiger charge is 2.51. The molecule has 148 valence electrons. The molecule has 1 saturated heterocycles. The van der Waals surface area contributed by atoms with E-state index >= 15 is 0 Å². The van der Waals surface area contributed by atoms with Crippen molar-refractivity contribution < 1.29 is 14.3 Å². The van der Waals surface area contributed by atoms with Gasteiger partial charge in [-0.1, -0.05) is 38.7 Å². The zero-order valence-corrected chi connectivity index (χ0v) is 16.6. The highest BCUT2D eigenvalue weighted by atomic mass is 16.7. The van der Waals surface area contributed by atoms with Crippen LogP contribution in [0.4, 0.5) is 0 Å². The van der Waals surface area contributed by atoms with E-state index in [1.54, 1.807) is 0 Å². The first-order valence-electron chi connectivity index (χ1n) is 10.9. The first-order valence-corrected chi connectivity index (χ1v) is 10.9. The Kier molecular flexibility index (Phi) is 5.72. The topological polar surface area (TPSA) is 47.6 Å². The molecule has 0 amide bonds. The maximum atomic E-state index is 11.8. The Morgan fingerprint density at radius 3 is 3.07 bits per heavy atom. The molecular formula is C23H33NO3. The smallest absolute Gasteiger partial charge is 0.308 e. The van der Waals surface area contributed by atoms with E-state index in [2.05, 4.69) is 24.4 Å². The number of hydrogen-bond donors (Lipinski definition) is 1. The fourth-order valence-electron chi connectivity index (χ4n) is 5.75. The number of unbranched alkanes of at least 4 members (excludes halogenated alkanes) is 2. The summed E-state index contributed by atoms with van der Waals surface area (Å²) in [5.74, 6) is 1.44. The molecule has 0 aromatic heterocycles. The van der Waals surface area contributed by atoms with Crippen LogP contribution in [0.3, 0.4) is 0 Å². The lowest BCUT2D eigenvalue weighted by molar-refractivity contribution is -0.150. The lowest BCUT2D eigenvalue weighted by atomic mass is 9.53. The summed E-state index contributed by atoms with van der Waals surface area (Å²) < 4.78 is 11.1. The minimum Gasteiger partial charge on any atom is -0.457 e. The van der Waals surface area contributed by atoms with Gasteiger partial charge < -0.3 is 14.8 Å². The maximum absolute atomic E-state index is 11.8. The number of piperidine rings is 1. The number of carbonyl (C=O) groups excluding carboxylic acids is 1. The second-order valence-electron chi connectivity index (χ2n) is 8.58. The number of carbonyl (C=O) groups is 1. The van der Waals surface area contributed by atoms with Crippen LogP contribution in [-0.4, -0.2) is 25.3 Å². The van der Waals surface area contributed by atoms with Crippen LogP contribution in [0.5, 0.6) is 5.75 Å². The molecule has 0 spiro atoms. The molecule has 4 rings (SSSR count). The molecular weight excluding hydrogens is 338 g/mol. The van der Waals surface area contributed by atoms with Crippen molar-refractivity contribution in [2.75, 3.05) is 13.3 Å². The largest absolute Gasteiger partial charge is 0.457 e. The van der Waals surface area contributed by atoms with Crippen molar-refractivity contribution in [1.29, 1.82) is 0 Å². The molecule has 2 fully saturated rings. The lowest BCUT2D eigenvalue weighted by Gasteiger charge is -2.56. The molecule has 4 nitrogen and oxygen atoms in total. The molecule has 27 heavy (non-hydrogen) atoms. The van der Waals surface area contributed by atoms with E-state index in [9.17, 15) is 4.79 Å². The van der Waals surface area contributed by atoms with E-state index in [-0.39, 0.29) is 12.8 Å². The molecule has 2 bridgehead atoms. The van der Waals surface area contributed by atoms with Crippen LogP contribution in [0.25, 0.3) is 0 Å². The molecule has 3 aliphatic rings. The number of esters is 1. The number of benzene rings is 1. The number of rotatable bonds is 7. The van der Waals surface area contributed by atoms with Crippen molar-refractivity contribution in [1.82, 2.24) is 5.32 Å². The van der Waals surface area contributed by atoms with Crippen LogP contribution in [0.2, 0.25) is 0 Å². The second-order valence-corrected chi connectivity index (χ2v) is 8.58. The van der Waals surface area contributed by atoms with Gasteiger partial charge in [0, 0.05) is 17.9 Å². The minimum atomic E-state index is -0.159. The van der Waals surface area contributed by atoms with Gasteiger partial charge in [0.15, 0.2) is 0 Å². The molecule has 1 aromatic carbocycles. The van der Waals surface area contributed by atoms with E-state index in [4.69, 9.17) is 9.47 Å². The van der Waals surface area contributed by atoms with Gasteiger partial charge >= 0.3 is 5.97 Å². The van der Waals surface area contributed by atoms with Gasteiger partial charge in [0.1, 0.15) is 5.75 Å². The molecule has 1 N–H and O–H groups in total. The Bertz CT molecular complexity index is 670. The Balaban J connectivity index is 1.43. The third-order valence-electron chi connectivity index (χ3n) is 7.05. The predicted octanol–water partition coefficient (Wildman–Crippen LogP) is 4.49. The van der Waals surface area contributed by atoms with Crippen molar-refractivity contribution in [3.05, 3.63) is 29.3 Å². The van der Waals surface area contributed by atoms with E-state index in [1.165, 1.54) is 43.2 Å². The van der Waals surface area contributed by atoms with Crippen LogP contribution in [-0.2, 0) is 21.4 Å². The Morgan fingerprint density at radius 2 is 2.19 bits per heavy atom. The molecule has 1 saturated carbocycles. The lowest BCUT2D eigenvalue weighted by Crippen LogP contribution is -2.59. The molecule has 3 atom stereocenters. The van der Waals surface area contributed by atoms with Gasteiger partial charge in [0.2, 0.25) is 6.79 Å². The SMILES string of the molecule is CCCCCC(=O)OCOc1ccc2c(c1)[C@]13CCCC[C@@H]1[C@@H](C2)NCC3. The Hall–Kier alpha value is -1.55. The van der Waals surface area contributed by atoms with Crippen LogP contribution < -0.4 is 10.1 Å². The quantitative estimate of drug-likeness (QED) is 0.436. The highest BCUT2D eigenvalue weighted by molar-refractivity contribution is 5.69.